The Morgan fingerprint density at radius 2 is 2.09 bits per heavy atom. The van der Waals surface area contributed by atoms with Gasteiger partial charge in [-0.15, -0.1) is 10.2 Å². The van der Waals surface area contributed by atoms with Crippen LogP contribution in [0.25, 0.3) is 11.5 Å². The molecule has 0 spiro atoms. The third-order valence-corrected chi connectivity index (χ3v) is 4.96. The van der Waals surface area contributed by atoms with Gasteiger partial charge in [0.1, 0.15) is 4.32 Å². The lowest BCUT2D eigenvalue weighted by Gasteiger charge is -2.13. The molecule has 1 saturated heterocycles. The minimum Gasteiger partial charge on any atom is -0.421 e. The smallest absolute Gasteiger partial charge is 0.247 e. The summed E-state index contributed by atoms with van der Waals surface area (Å²) in [5.74, 6) is 0.947. The van der Waals surface area contributed by atoms with Crippen LogP contribution >= 0.6 is 35.6 Å². The molecule has 22 heavy (non-hydrogen) atoms. The van der Waals surface area contributed by atoms with Crippen LogP contribution in [0.15, 0.2) is 28.7 Å². The second-order valence-electron chi connectivity index (χ2n) is 4.77. The fraction of sp³-hybridized carbons (Fsp3) is 0.286. The molecular formula is C14H12ClN3O2S2. The lowest BCUT2D eigenvalue weighted by atomic mass is 10.2. The van der Waals surface area contributed by atoms with Crippen LogP contribution in [0.2, 0.25) is 5.02 Å². The SMILES string of the molecule is CC1SC(=S)N(CCc2nnc(-c3ccc(Cl)cc3)o2)C1=O. The molecule has 2 aromatic rings. The molecule has 0 bridgehead atoms. The Morgan fingerprint density at radius 3 is 2.73 bits per heavy atom. The molecule has 0 radical (unpaired) electrons. The van der Waals surface area contributed by atoms with Crippen LogP contribution < -0.4 is 0 Å². The van der Waals surface area contributed by atoms with Crippen LogP contribution in [0, 0.1) is 0 Å². The van der Waals surface area contributed by atoms with E-state index in [9.17, 15) is 4.79 Å². The van der Waals surface area contributed by atoms with Gasteiger partial charge in [0.2, 0.25) is 17.7 Å². The average Bonchev–Trinajstić information content (AvgIpc) is 3.05. The van der Waals surface area contributed by atoms with E-state index in [1.165, 1.54) is 11.8 Å². The van der Waals surface area contributed by atoms with Gasteiger partial charge in [-0.1, -0.05) is 35.6 Å². The third-order valence-electron chi connectivity index (χ3n) is 3.22. The number of amides is 1. The summed E-state index contributed by atoms with van der Waals surface area (Å²) in [6.45, 7) is 2.31. The quantitative estimate of drug-likeness (QED) is 0.787. The van der Waals surface area contributed by atoms with Crippen LogP contribution in [0.3, 0.4) is 0 Å². The largest absolute Gasteiger partial charge is 0.421 e. The first-order chi connectivity index (χ1) is 10.5. The van der Waals surface area contributed by atoms with Crippen molar-refractivity contribution in [3.63, 3.8) is 0 Å². The van der Waals surface area contributed by atoms with Gasteiger partial charge in [-0.05, 0) is 31.2 Å². The third kappa shape index (κ3) is 3.16. The van der Waals surface area contributed by atoms with Crippen LogP contribution in [0.1, 0.15) is 12.8 Å². The molecule has 1 aliphatic heterocycles. The predicted molar refractivity (Wildman–Crippen MR) is 89.8 cm³/mol. The fourth-order valence-electron chi connectivity index (χ4n) is 2.05. The normalized spacial score (nSPS) is 18.3. The van der Waals surface area contributed by atoms with E-state index in [-0.39, 0.29) is 11.2 Å². The van der Waals surface area contributed by atoms with E-state index in [0.717, 1.165) is 5.56 Å². The second kappa shape index (κ2) is 6.36. The zero-order chi connectivity index (χ0) is 15.7. The predicted octanol–water partition coefficient (Wildman–Crippen LogP) is 3.18. The van der Waals surface area contributed by atoms with Crippen molar-refractivity contribution in [3.8, 4) is 11.5 Å². The van der Waals surface area contributed by atoms with Crippen molar-refractivity contribution in [2.45, 2.75) is 18.6 Å². The molecule has 1 aliphatic rings. The summed E-state index contributed by atoms with van der Waals surface area (Å²) in [5.41, 5.74) is 0.806. The van der Waals surface area contributed by atoms with Crippen molar-refractivity contribution in [2.24, 2.45) is 0 Å². The monoisotopic (exact) mass is 353 g/mol. The molecule has 1 unspecified atom stereocenters. The molecule has 0 aliphatic carbocycles. The minimum absolute atomic E-state index is 0.0347. The van der Waals surface area contributed by atoms with Gasteiger partial charge in [-0.3, -0.25) is 9.69 Å². The number of rotatable bonds is 4. The molecule has 1 fully saturated rings. The number of nitrogens with zero attached hydrogens (tertiary/aromatic N) is 3. The molecule has 1 amide bonds. The highest BCUT2D eigenvalue weighted by molar-refractivity contribution is 8.24. The van der Waals surface area contributed by atoms with E-state index >= 15 is 0 Å². The van der Waals surface area contributed by atoms with Gasteiger partial charge in [-0.2, -0.15) is 0 Å². The summed E-state index contributed by atoms with van der Waals surface area (Å²) < 4.78 is 6.22. The number of thioether (sulfide) groups is 1. The summed E-state index contributed by atoms with van der Waals surface area (Å²) in [5, 5.41) is 8.56. The zero-order valence-electron chi connectivity index (χ0n) is 11.7. The summed E-state index contributed by atoms with van der Waals surface area (Å²) in [6, 6.07) is 7.16. The maximum atomic E-state index is 11.9. The molecule has 3 rings (SSSR count). The van der Waals surface area contributed by atoms with Gasteiger partial charge < -0.3 is 4.42 Å². The molecule has 5 nitrogen and oxygen atoms in total. The maximum absolute atomic E-state index is 11.9. The van der Waals surface area contributed by atoms with Crippen molar-refractivity contribution in [1.82, 2.24) is 15.1 Å². The number of aromatic nitrogens is 2. The maximum Gasteiger partial charge on any atom is 0.247 e. The van der Waals surface area contributed by atoms with Gasteiger partial charge in [0.05, 0.1) is 5.25 Å². The van der Waals surface area contributed by atoms with Gasteiger partial charge in [0.15, 0.2) is 0 Å². The van der Waals surface area contributed by atoms with Crippen LogP contribution in [-0.2, 0) is 11.2 Å². The lowest BCUT2D eigenvalue weighted by molar-refractivity contribution is -0.125. The number of benzene rings is 1. The van der Waals surface area contributed by atoms with Crippen LogP contribution in [0.4, 0.5) is 0 Å². The molecule has 1 aromatic carbocycles. The molecule has 8 heteroatoms. The van der Waals surface area contributed by atoms with Crippen LogP contribution in [0.5, 0.6) is 0 Å². The first-order valence-corrected chi connectivity index (χ1v) is 8.31. The van der Waals surface area contributed by atoms with E-state index in [0.29, 0.717) is 34.1 Å². The summed E-state index contributed by atoms with van der Waals surface area (Å²) in [6.07, 6.45) is 0.472. The lowest BCUT2D eigenvalue weighted by Crippen LogP contribution is -2.32. The Labute approximate surface area is 142 Å². The molecule has 2 heterocycles. The van der Waals surface area contributed by atoms with E-state index in [2.05, 4.69) is 10.2 Å². The van der Waals surface area contributed by atoms with Crippen LogP contribution in [-0.4, -0.2) is 37.1 Å². The Morgan fingerprint density at radius 1 is 1.36 bits per heavy atom. The highest BCUT2D eigenvalue weighted by atomic mass is 35.5. The van der Waals surface area contributed by atoms with Crippen molar-refractivity contribution in [3.05, 3.63) is 35.2 Å². The Kier molecular flexibility index (Phi) is 4.46. The Hall–Kier alpha value is -1.44. The van der Waals surface area contributed by atoms with Gasteiger partial charge in [0, 0.05) is 23.6 Å². The average molecular weight is 354 g/mol. The molecular weight excluding hydrogens is 342 g/mol. The Balaban J connectivity index is 1.66. The summed E-state index contributed by atoms with van der Waals surface area (Å²) in [4.78, 5) is 13.5. The molecule has 1 aromatic heterocycles. The highest BCUT2D eigenvalue weighted by Gasteiger charge is 2.33. The number of hydrogen-bond acceptors (Lipinski definition) is 6. The molecule has 0 N–H and O–H groups in total. The van der Waals surface area contributed by atoms with E-state index in [4.69, 9.17) is 28.2 Å². The minimum atomic E-state index is -0.111. The zero-order valence-corrected chi connectivity index (χ0v) is 14.0. The molecule has 1 atom stereocenters. The van der Waals surface area contributed by atoms with Crippen molar-refractivity contribution in [1.29, 1.82) is 0 Å². The van der Waals surface area contributed by atoms with Crippen molar-refractivity contribution in [2.75, 3.05) is 6.54 Å². The molecule has 114 valence electrons. The fourth-order valence-corrected chi connectivity index (χ4v) is 3.63. The summed E-state index contributed by atoms with van der Waals surface area (Å²) >= 11 is 12.4. The number of halogens is 1. The Bertz CT molecular complexity index is 717. The first kappa shape index (κ1) is 15.5. The van der Waals surface area contributed by atoms with Gasteiger partial charge >= 0.3 is 0 Å². The van der Waals surface area contributed by atoms with E-state index in [1.54, 1.807) is 17.0 Å². The van der Waals surface area contributed by atoms with Crippen molar-refractivity contribution >= 4 is 45.8 Å². The molecule has 0 saturated carbocycles. The van der Waals surface area contributed by atoms with Crippen molar-refractivity contribution < 1.29 is 9.21 Å². The first-order valence-electron chi connectivity index (χ1n) is 6.65. The topological polar surface area (TPSA) is 59.2 Å². The summed E-state index contributed by atoms with van der Waals surface area (Å²) in [7, 11) is 0. The second-order valence-corrected chi connectivity index (χ2v) is 7.18. The number of hydrogen-bond donors (Lipinski definition) is 0. The number of carbonyl (C=O) groups excluding carboxylic acids is 1. The number of carbonyl (C=O) groups is 1. The van der Waals surface area contributed by atoms with Gasteiger partial charge in [-0.25, -0.2) is 0 Å². The van der Waals surface area contributed by atoms with E-state index < -0.39 is 0 Å². The standard InChI is InChI=1S/C14H12ClN3O2S2/c1-8-13(19)18(14(21)22-8)7-6-11-16-17-12(20-11)9-2-4-10(15)5-3-9/h2-5,8H,6-7H2,1H3. The highest BCUT2D eigenvalue weighted by Crippen LogP contribution is 2.27. The number of thiocarbonyl (C=S) groups is 1. The van der Waals surface area contributed by atoms with E-state index in [1.807, 2.05) is 19.1 Å². The van der Waals surface area contributed by atoms with Gasteiger partial charge in [0.25, 0.3) is 0 Å².